The summed E-state index contributed by atoms with van der Waals surface area (Å²) < 4.78 is 27.9. The van der Waals surface area contributed by atoms with E-state index in [4.69, 9.17) is 5.73 Å². The number of benzene rings is 1. The van der Waals surface area contributed by atoms with E-state index in [0.29, 0.717) is 29.0 Å². The normalized spacial score (nSPS) is 19.6. The quantitative estimate of drug-likeness (QED) is 0.880. The third kappa shape index (κ3) is 3.50. The van der Waals surface area contributed by atoms with Crippen molar-refractivity contribution in [3.05, 3.63) is 28.2 Å². The first-order valence-corrected chi connectivity index (χ1v) is 9.54. The zero-order valence-electron chi connectivity index (χ0n) is 12.6. The third-order valence-corrected chi connectivity index (χ3v) is 7.52. The summed E-state index contributed by atoms with van der Waals surface area (Å²) in [4.78, 5) is 0.325. The summed E-state index contributed by atoms with van der Waals surface area (Å²) >= 11 is 3.35. The van der Waals surface area contributed by atoms with Crippen LogP contribution in [0.1, 0.15) is 38.7 Å². The van der Waals surface area contributed by atoms with Gasteiger partial charge in [-0.2, -0.15) is 4.31 Å². The van der Waals surface area contributed by atoms with Crippen LogP contribution in [-0.2, 0) is 16.6 Å². The fraction of sp³-hybridized carbons (Fsp3) is 0.600. The monoisotopic (exact) mass is 374 g/mol. The van der Waals surface area contributed by atoms with Crippen molar-refractivity contribution >= 4 is 26.0 Å². The molecule has 118 valence electrons. The van der Waals surface area contributed by atoms with Gasteiger partial charge in [-0.1, -0.05) is 26.3 Å². The van der Waals surface area contributed by atoms with Crippen molar-refractivity contribution in [3.8, 4) is 0 Å². The molecule has 4 nitrogen and oxygen atoms in total. The average Bonchev–Trinajstić information content (AvgIpc) is 2.48. The van der Waals surface area contributed by atoms with Crippen molar-refractivity contribution in [2.45, 2.75) is 44.6 Å². The summed E-state index contributed by atoms with van der Waals surface area (Å²) in [5, 5.41) is 0. The maximum absolute atomic E-state index is 12.8. The maximum Gasteiger partial charge on any atom is 0.244 e. The average molecular weight is 375 g/mol. The molecule has 21 heavy (non-hydrogen) atoms. The van der Waals surface area contributed by atoms with Crippen molar-refractivity contribution in [2.75, 3.05) is 13.1 Å². The minimum absolute atomic E-state index is 0.266. The van der Waals surface area contributed by atoms with Gasteiger partial charge in [-0.3, -0.25) is 0 Å². The van der Waals surface area contributed by atoms with Gasteiger partial charge in [0.2, 0.25) is 10.0 Å². The van der Waals surface area contributed by atoms with Gasteiger partial charge >= 0.3 is 0 Å². The summed E-state index contributed by atoms with van der Waals surface area (Å²) in [5.74, 6) is 0. The first-order chi connectivity index (χ1) is 9.82. The maximum atomic E-state index is 12.8. The number of rotatable bonds is 4. The lowest BCUT2D eigenvalue weighted by molar-refractivity contribution is 0.169. The van der Waals surface area contributed by atoms with Crippen LogP contribution in [0, 0.1) is 5.41 Å². The highest BCUT2D eigenvalue weighted by atomic mass is 79.9. The molecule has 1 aromatic carbocycles. The molecule has 1 aliphatic rings. The molecule has 0 unspecified atom stereocenters. The molecular weight excluding hydrogens is 352 g/mol. The zero-order chi connectivity index (χ0) is 15.7. The summed E-state index contributed by atoms with van der Waals surface area (Å²) in [5.41, 5.74) is 6.71. The van der Waals surface area contributed by atoms with Crippen molar-refractivity contribution in [1.29, 1.82) is 0 Å². The largest absolute Gasteiger partial charge is 0.326 e. The van der Waals surface area contributed by atoms with E-state index >= 15 is 0 Å². The molecule has 2 N–H and O–H groups in total. The number of nitrogens with zero attached hydrogens (tertiary/aromatic N) is 1. The number of halogens is 1. The Morgan fingerprint density at radius 2 is 1.95 bits per heavy atom. The minimum Gasteiger partial charge on any atom is -0.326 e. The van der Waals surface area contributed by atoms with E-state index in [1.54, 1.807) is 16.4 Å². The summed E-state index contributed by atoms with van der Waals surface area (Å²) in [6.07, 6.45) is 2.92. The smallest absolute Gasteiger partial charge is 0.244 e. The molecule has 0 radical (unpaired) electrons. The second-order valence-corrected chi connectivity index (χ2v) is 8.80. The molecular formula is C15H23BrN2O2S. The van der Waals surface area contributed by atoms with Crippen LogP contribution in [-0.4, -0.2) is 25.8 Å². The van der Waals surface area contributed by atoms with Gasteiger partial charge in [-0.25, -0.2) is 8.42 Å². The Hall–Kier alpha value is -0.430. The second kappa shape index (κ2) is 6.36. The Balaban J connectivity index is 2.27. The van der Waals surface area contributed by atoms with Gasteiger partial charge in [-0.05, 0) is 51.9 Å². The molecule has 0 spiro atoms. The molecule has 1 aliphatic heterocycles. The van der Waals surface area contributed by atoms with E-state index < -0.39 is 10.0 Å². The third-order valence-electron chi connectivity index (χ3n) is 4.63. The highest BCUT2D eigenvalue weighted by Crippen LogP contribution is 2.36. The lowest BCUT2D eigenvalue weighted by atomic mass is 9.79. The van der Waals surface area contributed by atoms with Crippen LogP contribution in [0.3, 0.4) is 0 Å². The van der Waals surface area contributed by atoms with E-state index in [-0.39, 0.29) is 5.41 Å². The first kappa shape index (κ1) is 16.9. The standard InChI is InChI=1S/C15H23BrN2O2S/c1-3-15(2)6-8-18(9-7-15)21(19,20)14-10-12(11-17)4-5-13(14)16/h4-5,10H,3,6-9,11,17H2,1-2H3. The van der Waals surface area contributed by atoms with E-state index in [1.165, 1.54) is 0 Å². The molecule has 0 aromatic heterocycles. The van der Waals surface area contributed by atoms with Crippen LogP contribution >= 0.6 is 15.9 Å². The van der Waals surface area contributed by atoms with Crippen LogP contribution in [0.15, 0.2) is 27.6 Å². The molecule has 0 atom stereocenters. The molecule has 1 fully saturated rings. The van der Waals surface area contributed by atoms with Crippen molar-refractivity contribution in [3.63, 3.8) is 0 Å². The lowest BCUT2D eigenvalue weighted by Crippen LogP contribution is -2.42. The predicted octanol–water partition coefficient (Wildman–Crippen LogP) is 3.11. The number of nitrogens with two attached hydrogens (primary N) is 1. The lowest BCUT2D eigenvalue weighted by Gasteiger charge is -2.38. The number of hydrogen-bond acceptors (Lipinski definition) is 3. The molecule has 1 heterocycles. The van der Waals surface area contributed by atoms with E-state index in [0.717, 1.165) is 24.8 Å². The van der Waals surface area contributed by atoms with Gasteiger partial charge in [0.05, 0.1) is 4.90 Å². The Morgan fingerprint density at radius 1 is 1.33 bits per heavy atom. The van der Waals surface area contributed by atoms with Crippen molar-refractivity contribution in [2.24, 2.45) is 11.1 Å². The fourth-order valence-corrected chi connectivity index (χ4v) is 5.05. The molecule has 0 bridgehead atoms. The number of piperidine rings is 1. The van der Waals surface area contributed by atoms with Crippen LogP contribution in [0.25, 0.3) is 0 Å². The van der Waals surface area contributed by atoms with Gasteiger partial charge in [0.15, 0.2) is 0 Å². The van der Waals surface area contributed by atoms with E-state index in [1.807, 2.05) is 6.07 Å². The SMILES string of the molecule is CCC1(C)CCN(S(=O)(=O)c2cc(CN)ccc2Br)CC1. The van der Waals surface area contributed by atoms with E-state index in [2.05, 4.69) is 29.8 Å². The first-order valence-electron chi connectivity index (χ1n) is 7.31. The van der Waals surface area contributed by atoms with Gasteiger partial charge < -0.3 is 5.73 Å². The summed E-state index contributed by atoms with van der Waals surface area (Å²) in [7, 11) is -3.45. The molecule has 1 saturated heterocycles. The molecule has 0 amide bonds. The summed E-state index contributed by atoms with van der Waals surface area (Å²) in [6, 6.07) is 5.27. The molecule has 2 rings (SSSR count). The van der Waals surface area contributed by atoms with Gasteiger partial charge in [-0.15, -0.1) is 0 Å². The molecule has 1 aromatic rings. The van der Waals surface area contributed by atoms with E-state index in [9.17, 15) is 8.42 Å². The Kier molecular flexibility index (Phi) is 5.13. The predicted molar refractivity (Wildman–Crippen MR) is 88.4 cm³/mol. The van der Waals surface area contributed by atoms with Crippen molar-refractivity contribution in [1.82, 2.24) is 4.31 Å². The Morgan fingerprint density at radius 3 is 2.48 bits per heavy atom. The molecule has 0 aliphatic carbocycles. The number of hydrogen-bond donors (Lipinski definition) is 1. The zero-order valence-corrected chi connectivity index (χ0v) is 15.0. The van der Waals surface area contributed by atoms with Crippen molar-refractivity contribution < 1.29 is 8.42 Å². The highest BCUT2D eigenvalue weighted by Gasteiger charge is 2.35. The number of sulfonamides is 1. The Labute approximate surface area is 135 Å². The van der Waals surface area contributed by atoms with Gasteiger partial charge in [0.1, 0.15) is 0 Å². The molecule has 0 saturated carbocycles. The second-order valence-electron chi connectivity index (χ2n) is 6.04. The van der Waals surface area contributed by atoms with Crippen LogP contribution < -0.4 is 5.73 Å². The minimum atomic E-state index is -3.45. The Bertz CT molecular complexity index is 608. The summed E-state index contributed by atoms with van der Waals surface area (Å²) in [6.45, 7) is 5.93. The van der Waals surface area contributed by atoms with Crippen LogP contribution in [0.5, 0.6) is 0 Å². The van der Waals surface area contributed by atoms with Gasteiger partial charge in [0.25, 0.3) is 0 Å². The highest BCUT2D eigenvalue weighted by molar-refractivity contribution is 9.10. The van der Waals surface area contributed by atoms with Crippen LogP contribution in [0.2, 0.25) is 0 Å². The van der Waals surface area contributed by atoms with Crippen LogP contribution in [0.4, 0.5) is 0 Å². The topological polar surface area (TPSA) is 63.4 Å². The fourth-order valence-electron chi connectivity index (χ4n) is 2.63. The van der Waals surface area contributed by atoms with Gasteiger partial charge in [0, 0.05) is 24.1 Å². The molecule has 6 heteroatoms.